The number of oxime groups is 1. The van der Waals surface area contributed by atoms with Crippen LogP contribution in [0.1, 0.15) is 33.1 Å². The molecule has 0 amide bonds. The van der Waals surface area contributed by atoms with E-state index in [-0.39, 0.29) is 5.92 Å². The Morgan fingerprint density at radius 1 is 1.47 bits per heavy atom. The predicted octanol–water partition coefficient (Wildman–Crippen LogP) is 1.49. The van der Waals surface area contributed by atoms with Crippen molar-refractivity contribution >= 4 is 5.84 Å². The van der Waals surface area contributed by atoms with Gasteiger partial charge in [0, 0.05) is 5.92 Å². The van der Waals surface area contributed by atoms with Gasteiger partial charge < -0.3 is 15.8 Å². The van der Waals surface area contributed by atoms with Crippen LogP contribution in [0.4, 0.5) is 0 Å². The van der Waals surface area contributed by atoms with Crippen molar-refractivity contribution in [2.24, 2.45) is 22.7 Å². The molecule has 1 heterocycles. The van der Waals surface area contributed by atoms with Crippen LogP contribution in [0.25, 0.3) is 0 Å². The molecule has 15 heavy (non-hydrogen) atoms. The number of hydrogen-bond acceptors (Lipinski definition) is 3. The van der Waals surface area contributed by atoms with Crippen LogP contribution < -0.4 is 5.73 Å². The fraction of sp³-hybridized carbons (Fsp3) is 0.909. The molecule has 1 rings (SSSR count). The van der Waals surface area contributed by atoms with Gasteiger partial charge in [0.15, 0.2) is 0 Å². The monoisotopic (exact) mass is 213 g/mol. The Morgan fingerprint density at radius 2 is 2.07 bits per heavy atom. The predicted molar refractivity (Wildman–Crippen MR) is 62.0 cm³/mol. The molecule has 1 aliphatic rings. The van der Waals surface area contributed by atoms with Gasteiger partial charge in [-0.3, -0.25) is 0 Å². The molecule has 0 aliphatic carbocycles. The van der Waals surface area contributed by atoms with E-state index >= 15 is 0 Å². The SMILES string of the molecule is CC(C)CCN1CCC(C(N)=NO)CC1. The molecule has 0 aromatic heterocycles. The minimum atomic E-state index is 0.283. The Labute approximate surface area is 92.1 Å². The van der Waals surface area contributed by atoms with E-state index in [1.807, 2.05) is 0 Å². The minimum absolute atomic E-state index is 0.283. The van der Waals surface area contributed by atoms with Gasteiger partial charge in [0.05, 0.1) is 0 Å². The average molecular weight is 213 g/mol. The summed E-state index contributed by atoms with van der Waals surface area (Å²) in [6.07, 6.45) is 3.30. The van der Waals surface area contributed by atoms with Crippen LogP contribution in [0, 0.1) is 11.8 Å². The summed E-state index contributed by atoms with van der Waals surface area (Å²) in [6.45, 7) is 7.84. The third-order valence-electron chi connectivity index (χ3n) is 3.14. The lowest BCUT2D eigenvalue weighted by Crippen LogP contribution is -2.39. The van der Waals surface area contributed by atoms with E-state index in [2.05, 4.69) is 23.9 Å². The molecule has 0 atom stereocenters. The van der Waals surface area contributed by atoms with Gasteiger partial charge in [-0.05, 0) is 44.8 Å². The van der Waals surface area contributed by atoms with Crippen molar-refractivity contribution in [2.45, 2.75) is 33.1 Å². The first-order valence-electron chi connectivity index (χ1n) is 5.83. The molecule has 0 spiro atoms. The minimum Gasteiger partial charge on any atom is -0.409 e. The molecule has 0 aromatic carbocycles. The summed E-state index contributed by atoms with van der Waals surface area (Å²) in [4.78, 5) is 2.47. The third-order valence-corrected chi connectivity index (χ3v) is 3.14. The molecule has 1 saturated heterocycles. The van der Waals surface area contributed by atoms with Gasteiger partial charge in [0.2, 0.25) is 0 Å². The average Bonchev–Trinajstić information content (AvgIpc) is 2.26. The Hall–Kier alpha value is -0.770. The summed E-state index contributed by atoms with van der Waals surface area (Å²) in [6, 6.07) is 0. The maximum atomic E-state index is 8.58. The van der Waals surface area contributed by atoms with Gasteiger partial charge in [0.1, 0.15) is 5.84 Å². The van der Waals surface area contributed by atoms with Crippen LogP contribution in [0.15, 0.2) is 5.16 Å². The Kier molecular flexibility index (Phi) is 4.88. The molecule has 3 N–H and O–H groups in total. The molecule has 1 aliphatic heterocycles. The Bertz CT molecular complexity index is 208. The van der Waals surface area contributed by atoms with Crippen molar-refractivity contribution < 1.29 is 5.21 Å². The summed E-state index contributed by atoms with van der Waals surface area (Å²) < 4.78 is 0. The molecule has 1 fully saturated rings. The number of piperidine rings is 1. The highest BCUT2D eigenvalue weighted by atomic mass is 16.4. The summed E-state index contributed by atoms with van der Waals surface area (Å²) in [5.41, 5.74) is 5.60. The zero-order chi connectivity index (χ0) is 11.3. The molecule has 0 aromatic rings. The second-order valence-corrected chi connectivity index (χ2v) is 4.82. The second kappa shape index (κ2) is 5.95. The molecular formula is C11H23N3O. The van der Waals surface area contributed by atoms with E-state index in [0.717, 1.165) is 31.8 Å². The van der Waals surface area contributed by atoms with Crippen molar-refractivity contribution in [1.82, 2.24) is 4.90 Å². The number of nitrogens with two attached hydrogens (primary N) is 1. The quantitative estimate of drug-likeness (QED) is 0.322. The van der Waals surface area contributed by atoms with Crippen LogP contribution in [-0.4, -0.2) is 35.6 Å². The fourth-order valence-electron chi connectivity index (χ4n) is 1.97. The van der Waals surface area contributed by atoms with Crippen molar-refractivity contribution in [2.75, 3.05) is 19.6 Å². The number of rotatable bonds is 4. The van der Waals surface area contributed by atoms with E-state index in [9.17, 15) is 0 Å². The van der Waals surface area contributed by atoms with Crippen molar-refractivity contribution in [1.29, 1.82) is 0 Å². The molecule has 4 heteroatoms. The van der Waals surface area contributed by atoms with Gasteiger partial charge in [-0.1, -0.05) is 19.0 Å². The number of amidine groups is 1. The van der Waals surface area contributed by atoms with E-state index in [1.54, 1.807) is 0 Å². The van der Waals surface area contributed by atoms with E-state index in [0.29, 0.717) is 5.84 Å². The van der Waals surface area contributed by atoms with Crippen LogP contribution in [0.3, 0.4) is 0 Å². The van der Waals surface area contributed by atoms with Crippen LogP contribution in [-0.2, 0) is 0 Å². The first-order chi connectivity index (χ1) is 7.13. The second-order valence-electron chi connectivity index (χ2n) is 4.82. The van der Waals surface area contributed by atoms with Crippen molar-refractivity contribution in [3.63, 3.8) is 0 Å². The molecule has 4 nitrogen and oxygen atoms in total. The van der Waals surface area contributed by atoms with E-state index in [4.69, 9.17) is 10.9 Å². The summed E-state index contributed by atoms with van der Waals surface area (Å²) in [5, 5.41) is 11.7. The Balaban J connectivity index is 2.24. The third kappa shape index (κ3) is 4.08. The van der Waals surface area contributed by atoms with Crippen LogP contribution >= 0.6 is 0 Å². The first kappa shape index (κ1) is 12.3. The largest absolute Gasteiger partial charge is 0.409 e. The lowest BCUT2D eigenvalue weighted by molar-refractivity contribution is 0.196. The topological polar surface area (TPSA) is 61.8 Å². The highest BCUT2D eigenvalue weighted by molar-refractivity contribution is 5.82. The van der Waals surface area contributed by atoms with Crippen LogP contribution in [0.5, 0.6) is 0 Å². The molecular weight excluding hydrogens is 190 g/mol. The van der Waals surface area contributed by atoms with Crippen molar-refractivity contribution in [3.8, 4) is 0 Å². The maximum absolute atomic E-state index is 8.58. The summed E-state index contributed by atoms with van der Waals surface area (Å²) in [5.74, 6) is 1.45. The highest BCUT2D eigenvalue weighted by Gasteiger charge is 2.21. The summed E-state index contributed by atoms with van der Waals surface area (Å²) >= 11 is 0. The zero-order valence-corrected chi connectivity index (χ0v) is 9.82. The van der Waals surface area contributed by atoms with E-state index in [1.165, 1.54) is 13.0 Å². The van der Waals surface area contributed by atoms with Crippen LogP contribution in [0.2, 0.25) is 0 Å². The van der Waals surface area contributed by atoms with Crippen molar-refractivity contribution in [3.05, 3.63) is 0 Å². The smallest absolute Gasteiger partial charge is 0.142 e. The first-order valence-corrected chi connectivity index (χ1v) is 5.83. The maximum Gasteiger partial charge on any atom is 0.142 e. The Morgan fingerprint density at radius 3 is 2.53 bits per heavy atom. The normalized spacial score (nSPS) is 21.1. The molecule has 88 valence electrons. The molecule has 0 unspecified atom stereocenters. The van der Waals surface area contributed by atoms with Gasteiger partial charge >= 0.3 is 0 Å². The molecule has 0 bridgehead atoms. The van der Waals surface area contributed by atoms with Gasteiger partial charge in [-0.2, -0.15) is 0 Å². The zero-order valence-electron chi connectivity index (χ0n) is 9.82. The number of hydrogen-bond donors (Lipinski definition) is 2. The lowest BCUT2D eigenvalue weighted by Gasteiger charge is -2.31. The summed E-state index contributed by atoms with van der Waals surface area (Å²) in [7, 11) is 0. The van der Waals surface area contributed by atoms with Gasteiger partial charge in [-0.15, -0.1) is 0 Å². The standard InChI is InChI=1S/C11H23N3O/c1-9(2)3-6-14-7-4-10(5-8-14)11(12)13-15/h9-10,15H,3-8H2,1-2H3,(H2,12,13). The highest BCUT2D eigenvalue weighted by Crippen LogP contribution is 2.17. The fourth-order valence-corrected chi connectivity index (χ4v) is 1.97. The van der Waals surface area contributed by atoms with Gasteiger partial charge in [0.25, 0.3) is 0 Å². The number of nitrogens with zero attached hydrogens (tertiary/aromatic N) is 2. The molecule has 0 saturated carbocycles. The molecule has 0 radical (unpaired) electrons. The van der Waals surface area contributed by atoms with E-state index < -0.39 is 0 Å². The van der Waals surface area contributed by atoms with Gasteiger partial charge in [-0.25, -0.2) is 0 Å². The number of likely N-dealkylation sites (tertiary alicyclic amines) is 1. The lowest BCUT2D eigenvalue weighted by atomic mass is 9.95.